The van der Waals surface area contributed by atoms with Crippen molar-refractivity contribution in [3.8, 4) is 11.1 Å². The molecule has 4 nitrogen and oxygen atoms in total. The summed E-state index contributed by atoms with van der Waals surface area (Å²) in [5.74, 6) is -1.65. The molecule has 2 aromatic rings. The van der Waals surface area contributed by atoms with E-state index in [-0.39, 0.29) is 5.56 Å². The third kappa shape index (κ3) is 2.65. The fourth-order valence-corrected chi connectivity index (χ4v) is 1.95. The van der Waals surface area contributed by atoms with E-state index in [1.54, 1.807) is 30.1 Å². The van der Waals surface area contributed by atoms with Crippen molar-refractivity contribution in [1.29, 1.82) is 0 Å². The number of nitrogens with zero attached hydrogens (tertiary/aromatic N) is 2. The maximum atomic E-state index is 13.5. The van der Waals surface area contributed by atoms with E-state index >= 15 is 0 Å². The molecule has 0 bridgehead atoms. The zero-order chi connectivity index (χ0) is 14.0. The van der Waals surface area contributed by atoms with E-state index in [2.05, 4.69) is 5.10 Å². The fraction of sp³-hybridized carbons (Fsp3) is 0.286. The van der Waals surface area contributed by atoms with Crippen LogP contribution in [0.4, 0.5) is 4.39 Å². The van der Waals surface area contributed by atoms with E-state index in [9.17, 15) is 9.18 Å². The van der Waals surface area contributed by atoms with Crippen molar-refractivity contribution in [2.75, 3.05) is 0 Å². The van der Waals surface area contributed by atoms with Crippen molar-refractivity contribution >= 4 is 5.97 Å². The van der Waals surface area contributed by atoms with Gasteiger partial charge in [-0.1, -0.05) is 6.92 Å². The molecule has 0 spiro atoms. The van der Waals surface area contributed by atoms with Crippen LogP contribution < -0.4 is 0 Å². The van der Waals surface area contributed by atoms with Crippen LogP contribution in [0.3, 0.4) is 0 Å². The van der Waals surface area contributed by atoms with E-state index in [1.165, 1.54) is 0 Å². The van der Waals surface area contributed by atoms with Gasteiger partial charge in [-0.2, -0.15) is 5.10 Å². The van der Waals surface area contributed by atoms with Crippen LogP contribution in [0.15, 0.2) is 24.5 Å². The van der Waals surface area contributed by atoms with E-state index in [4.69, 9.17) is 5.11 Å². The largest absolute Gasteiger partial charge is 0.478 e. The molecule has 0 aliphatic carbocycles. The van der Waals surface area contributed by atoms with Crippen molar-refractivity contribution in [2.45, 2.75) is 26.8 Å². The Morgan fingerprint density at radius 1 is 1.47 bits per heavy atom. The molecule has 0 fully saturated rings. The molecule has 1 aromatic heterocycles. The molecule has 1 heterocycles. The summed E-state index contributed by atoms with van der Waals surface area (Å²) in [4.78, 5) is 11.2. The van der Waals surface area contributed by atoms with Crippen LogP contribution in [0.5, 0.6) is 0 Å². The summed E-state index contributed by atoms with van der Waals surface area (Å²) < 4.78 is 15.2. The van der Waals surface area contributed by atoms with Crippen LogP contribution in [0.1, 0.15) is 29.3 Å². The standard InChI is InChI=1S/C14H15FN2O2/c1-3-4-17-8-10(7-16-17)11-5-9(2)13(15)6-12(11)14(18)19/h5-8H,3-4H2,1-2H3,(H,18,19). The first-order valence-electron chi connectivity index (χ1n) is 6.09. The van der Waals surface area contributed by atoms with Crippen molar-refractivity contribution in [1.82, 2.24) is 9.78 Å². The van der Waals surface area contributed by atoms with Gasteiger partial charge in [0.15, 0.2) is 0 Å². The highest BCUT2D eigenvalue weighted by Crippen LogP contribution is 2.26. The molecule has 19 heavy (non-hydrogen) atoms. The third-order valence-electron chi connectivity index (χ3n) is 2.93. The van der Waals surface area contributed by atoms with Gasteiger partial charge in [-0.25, -0.2) is 9.18 Å². The predicted molar refractivity (Wildman–Crippen MR) is 69.6 cm³/mol. The molecule has 0 aliphatic rings. The van der Waals surface area contributed by atoms with Crippen molar-refractivity contribution in [2.24, 2.45) is 0 Å². The minimum absolute atomic E-state index is 0.0425. The van der Waals surface area contributed by atoms with E-state index in [0.717, 1.165) is 19.0 Å². The number of rotatable bonds is 4. The topological polar surface area (TPSA) is 55.1 Å². The Bertz CT molecular complexity index is 620. The summed E-state index contributed by atoms with van der Waals surface area (Å²) in [6.07, 6.45) is 4.33. The number of carboxylic acids is 1. The second-order valence-electron chi connectivity index (χ2n) is 4.44. The van der Waals surface area contributed by atoms with Gasteiger partial charge in [0.25, 0.3) is 0 Å². The molecular weight excluding hydrogens is 247 g/mol. The van der Waals surface area contributed by atoms with Crippen molar-refractivity contribution in [3.05, 3.63) is 41.5 Å². The molecule has 5 heteroatoms. The maximum Gasteiger partial charge on any atom is 0.336 e. The summed E-state index contributed by atoms with van der Waals surface area (Å²) in [6.45, 7) is 4.41. The lowest BCUT2D eigenvalue weighted by molar-refractivity contribution is 0.0697. The molecule has 100 valence electrons. The molecule has 1 aromatic carbocycles. The van der Waals surface area contributed by atoms with Gasteiger partial charge < -0.3 is 5.11 Å². The Morgan fingerprint density at radius 2 is 2.21 bits per heavy atom. The minimum atomic E-state index is -1.14. The van der Waals surface area contributed by atoms with Crippen molar-refractivity contribution in [3.63, 3.8) is 0 Å². The molecule has 1 N–H and O–H groups in total. The average Bonchev–Trinajstić information content (AvgIpc) is 2.81. The number of carboxylic acid groups (broad SMARTS) is 1. The zero-order valence-corrected chi connectivity index (χ0v) is 10.9. The lowest BCUT2D eigenvalue weighted by atomic mass is 9.99. The molecule has 2 rings (SSSR count). The Kier molecular flexibility index (Phi) is 3.64. The highest BCUT2D eigenvalue weighted by molar-refractivity contribution is 5.96. The first-order chi connectivity index (χ1) is 9.02. The van der Waals surface area contributed by atoms with Gasteiger partial charge in [-0.15, -0.1) is 0 Å². The SMILES string of the molecule is CCCn1cc(-c2cc(C)c(F)cc2C(=O)O)cn1. The lowest BCUT2D eigenvalue weighted by Gasteiger charge is -2.06. The van der Waals surface area contributed by atoms with E-state index in [1.807, 2.05) is 6.92 Å². The number of halogens is 1. The molecule has 0 radical (unpaired) electrons. The predicted octanol–water partition coefficient (Wildman–Crippen LogP) is 3.11. The Hall–Kier alpha value is -2.17. The Labute approximate surface area is 110 Å². The van der Waals surface area contributed by atoms with Crippen LogP contribution in [0, 0.1) is 12.7 Å². The first kappa shape index (κ1) is 13.3. The number of aromatic nitrogens is 2. The van der Waals surface area contributed by atoms with Crippen LogP contribution >= 0.6 is 0 Å². The molecule has 0 aliphatic heterocycles. The third-order valence-corrected chi connectivity index (χ3v) is 2.93. The first-order valence-corrected chi connectivity index (χ1v) is 6.09. The Balaban J connectivity index is 2.53. The van der Waals surface area contributed by atoms with Crippen LogP contribution in [0.2, 0.25) is 0 Å². The number of aromatic carboxylic acids is 1. The van der Waals surface area contributed by atoms with Gasteiger partial charge in [-0.3, -0.25) is 4.68 Å². The van der Waals surface area contributed by atoms with Gasteiger partial charge in [0, 0.05) is 18.3 Å². The summed E-state index contributed by atoms with van der Waals surface area (Å²) in [5, 5.41) is 13.3. The second-order valence-corrected chi connectivity index (χ2v) is 4.44. The van der Waals surface area contributed by atoms with Crippen molar-refractivity contribution < 1.29 is 14.3 Å². The maximum absolute atomic E-state index is 13.5. The van der Waals surface area contributed by atoms with Gasteiger partial charge in [-0.05, 0) is 36.6 Å². The molecule has 0 atom stereocenters. The summed E-state index contributed by atoms with van der Waals surface area (Å²) in [5.41, 5.74) is 1.56. The van der Waals surface area contributed by atoms with E-state index < -0.39 is 11.8 Å². The zero-order valence-electron chi connectivity index (χ0n) is 10.9. The van der Waals surface area contributed by atoms with Crippen LogP contribution in [0.25, 0.3) is 11.1 Å². The summed E-state index contributed by atoms with van der Waals surface area (Å²) >= 11 is 0. The number of hydrogen-bond donors (Lipinski definition) is 1. The number of carbonyl (C=O) groups is 1. The fourth-order valence-electron chi connectivity index (χ4n) is 1.95. The minimum Gasteiger partial charge on any atom is -0.478 e. The lowest BCUT2D eigenvalue weighted by Crippen LogP contribution is -2.01. The van der Waals surface area contributed by atoms with Gasteiger partial charge >= 0.3 is 5.97 Å². The number of hydrogen-bond acceptors (Lipinski definition) is 2. The molecular formula is C14H15FN2O2. The Morgan fingerprint density at radius 3 is 2.84 bits per heavy atom. The normalized spacial score (nSPS) is 10.7. The van der Waals surface area contributed by atoms with Gasteiger partial charge in [0.05, 0.1) is 11.8 Å². The quantitative estimate of drug-likeness (QED) is 0.921. The average molecular weight is 262 g/mol. The summed E-state index contributed by atoms with van der Waals surface area (Å²) in [6, 6.07) is 2.61. The number of benzene rings is 1. The highest BCUT2D eigenvalue weighted by atomic mass is 19.1. The van der Waals surface area contributed by atoms with Crippen LogP contribution in [-0.2, 0) is 6.54 Å². The van der Waals surface area contributed by atoms with E-state index in [0.29, 0.717) is 16.7 Å². The van der Waals surface area contributed by atoms with Gasteiger partial charge in [0.1, 0.15) is 5.82 Å². The summed E-state index contributed by atoms with van der Waals surface area (Å²) in [7, 11) is 0. The molecule has 0 saturated heterocycles. The molecule has 0 unspecified atom stereocenters. The molecule has 0 saturated carbocycles. The second kappa shape index (κ2) is 5.22. The highest BCUT2D eigenvalue weighted by Gasteiger charge is 2.16. The molecule has 0 amide bonds. The number of aryl methyl sites for hydroxylation is 2. The van der Waals surface area contributed by atoms with Gasteiger partial charge in [0.2, 0.25) is 0 Å². The smallest absolute Gasteiger partial charge is 0.336 e. The monoisotopic (exact) mass is 262 g/mol. The van der Waals surface area contributed by atoms with Crippen LogP contribution in [-0.4, -0.2) is 20.9 Å².